The van der Waals surface area contributed by atoms with Crippen LogP contribution in [-0.4, -0.2) is 17.8 Å². The van der Waals surface area contributed by atoms with E-state index in [0.29, 0.717) is 24.6 Å². The van der Waals surface area contributed by atoms with E-state index < -0.39 is 0 Å². The highest BCUT2D eigenvalue weighted by atomic mass is 79.9. The molecule has 1 aliphatic rings. The number of benzene rings is 1. The lowest BCUT2D eigenvalue weighted by Gasteiger charge is -2.17. The molecule has 2 nitrogen and oxygen atoms in total. The number of carbonyl (C=O) groups excluding carboxylic acids is 1. The number of amides is 1. The fourth-order valence-corrected chi connectivity index (χ4v) is 2.44. The van der Waals surface area contributed by atoms with E-state index in [0.717, 1.165) is 10.9 Å². The first-order chi connectivity index (χ1) is 7.60. The number of hydrogen-bond acceptors (Lipinski definition) is 1. The Morgan fingerprint density at radius 1 is 1.50 bits per heavy atom. The second kappa shape index (κ2) is 4.53. The molecule has 0 spiro atoms. The molecule has 4 heteroatoms. The molecule has 0 bridgehead atoms. The molecule has 1 saturated heterocycles. The lowest BCUT2D eigenvalue weighted by molar-refractivity contribution is -0.117. The highest BCUT2D eigenvalue weighted by Gasteiger charge is 2.29. The van der Waals surface area contributed by atoms with Crippen molar-refractivity contribution in [3.05, 3.63) is 29.6 Å². The molecule has 1 amide bonds. The Morgan fingerprint density at radius 3 is 2.81 bits per heavy atom. The highest BCUT2D eigenvalue weighted by molar-refractivity contribution is 9.09. The molecule has 1 atom stereocenters. The second-order valence-corrected chi connectivity index (χ2v) is 4.86. The molecule has 2 rings (SSSR count). The first kappa shape index (κ1) is 11.6. The fourth-order valence-electron chi connectivity index (χ4n) is 2.01. The molecule has 86 valence electrons. The third kappa shape index (κ3) is 2.26. The van der Waals surface area contributed by atoms with Crippen LogP contribution in [0.15, 0.2) is 18.2 Å². The Kier molecular flexibility index (Phi) is 3.28. The zero-order valence-electron chi connectivity index (χ0n) is 9.04. The number of rotatable bonds is 2. The van der Waals surface area contributed by atoms with Crippen molar-refractivity contribution < 1.29 is 9.18 Å². The number of alkyl halides is 1. The van der Waals surface area contributed by atoms with Crippen molar-refractivity contribution in [3.8, 4) is 0 Å². The van der Waals surface area contributed by atoms with Crippen LogP contribution in [0.2, 0.25) is 0 Å². The predicted molar refractivity (Wildman–Crippen MR) is 65.4 cm³/mol. The van der Waals surface area contributed by atoms with Gasteiger partial charge >= 0.3 is 0 Å². The van der Waals surface area contributed by atoms with Crippen molar-refractivity contribution in [1.29, 1.82) is 0 Å². The van der Waals surface area contributed by atoms with Gasteiger partial charge in [-0.2, -0.15) is 0 Å². The first-order valence-electron chi connectivity index (χ1n) is 5.23. The van der Waals surface area contributed by atoms with Crippen LogP contribution in [0.3, 0.4) is 0 Å². The van der Waals surface area contributed by atoms with Gasteiger partial charge < -0.3 is 4.90 Å². The van der Waals surface area contributed by atoms with Crippen molar-refractivity contribution in [1.82, 2.24) is 0 Å². The van der Waals surface area contributed by atoms with Gasteiger partial charge in [0.15, 0.2) is 0 Å². The number of aryl methyl sites for hydroxylation is 1. The van der Waals surface area contributed by atoms with E-state index in [4.69, 9.17) is 0 Å². The fraction of sp³-hybridized carbons (Fsp3) is 0.417. The summed E-state index contributed by atoms with van der Waals surface area (Å²) in [6, 6.07) is 4.73. The smallest absolute Gasteiger partial charge is 0.227 e. The number of hydrogen-bond donors (Lipinski definition) is 0. The molecular formula is C12H13BrFNO. The Morgan fingerprint density at radius 2 is 2.25 bits per heavy atom. The molecule has 1 unspecified atom stereocenters. The van der Waals surface area contributed by atoms with E-state index in [-0.39, 0.29) is 11.7 Å². The van der Waals surface area contributed by atoms with Gasteiger partial charge in [-0.1, -0.05) is 15.9 Å². The summed E-state index contributed by atoms with van der Waals surface area (Å²) in [6.45, 7) is 2.50. The van der Waals surface area contributed by atoms with Gasteiger partial charge in [0, 0.05) is 24.0 Å². The molecule has 0 N–H and O–H groups in total. The molecule has 0 aliphatic carbocycles. The van der Waals surface area contributed by atoms with Crippen molar-refractivity contribution in [2.45, 2.75) is 13.3 Å². The maximum Gasteiger partial charge on any atom is 0.227 e. The monoisotopic (exact) mass is 285 g/mol. The minimum absolute atomic E-state index is 0.0782. The summed E-state index contributed by atoms with van der Waals surface area (Å²) < 4.78 is 13.2. The topological polar surface area (TPSA) is 20.3 Å². The van der Waals surface area contributed by atoms with Crippen LogP contribution in [0.4, 0.5) is 10.1 Å². The van der Waals surface area contributed by atoms with Crippen molar-refractivity contribution >= 4 is 27.5 Å². The third-order valence-electron chi connectivity index (χ3n) is 2.76. The summed E-state index contributed by atoms with van der Waals surface area (Å²) in [4.78, 5) is 13.4. The molecule has 0 aromatic heterocycles. The van der Waals surface area contributed by atoms with Crippen LogP contribution in [0.25, 0.3) is 0 Å². The minimum atomic E-state index is -0.287. The van der Waals surface area contributed by atoms with Crippen molar-refractivity contribution in [2.75, 3.05) is 16.8 Å². The Labute approximate surface area is 103 Å². The van der Waals surface area contributed by atoms with Crippen LogP contribution in [0.5, 0.6) is 0 Å². The standard InChI is InChI=1S/C12H13BrFNO/c1-8-2-10(14)5-11(3-8)15-7-9(6-13)4-12(15)16/h2-3,5,9H,4,6-7H2,1H3. The zero-order chi connectivity index (χ0) is 11.7. The SMILES string of the molecule is Cc1cc(F)cc(N2CC(CBr)CC2=O)c1. The quantitative estimate of drug-likeness (QED) is 0.765. The first-order valence-corrected chi connectivity index (χ1v) is 6.36. The third-order valence-corrected chi connectivity index (χ3v) is 3.68. The molecule has 1 heterocycles. The second-order valence-electron chi connectivity index (χ2n) is 4.22. The predicted octanol–water partition coefficient (Wildman–Crippen LogP) is 2.88. The number of carbonyl (C=O) groups is 1. The molecular weight excluding hydrogens is 273 g/mol. The molecule has 0 saturated carbocycles. The molecule has 1 aliphatic heterocycles. The summed E-state index contributed by atoms with van der Waals surface area (Å²) in [7, 11) is 0. The number of nitrogens with zero attached hydrogens (tertiary/aromatic N) is 1. The maximum atomic E-state index is 13.2. The van der Waals surface area contributed by atoms with Gasteiger partial charge in [-0.05, 0) is 36.6 Å². The van der Waals surface area contributed by atoms with Gasteiger partial charge in [-0.25, -0.2) is 4.39 Å². The van der Waals surface area contributed by atoms with Gasteiger partial charge in [-0.15, -0.1) is 0 Å². The number of anilines is 1. The molecule has 1 aromatic carbocycles. The normalized spacial score (nSPS) is 20.6. The Balaban J connectivity index is 2.27. The highest BCUT2D eigenvalue weighted by Crippen LogP contribution is 2.27. The summed E-state index contributed by atoms with van der Waals surface area (Å²) in [5.74, 6) is 0.121. The lowest BCUT2D eigenvalue weighted by atomic mass is 10.1. The summed E-state index contributed by atoms with van der Waals surface area (Å²) >= 11 is 3.38. The van der Waals surface area contributed by atoms with E-state index in [2.05, 4.69) is 15.9 Å². The van der Waals surface area contributed by atoms with Crippen molar-refractivity contribution in [2.24, 2.45) is 5.92 Å². The van der Waals surface area contributed by atoms with Crippen molar-refractivity contribution in [3.63, 3.8) is 0 Å². The van der Waals surface area contributed by atoms with Crippen LogP contribution >= 0.6 is 15.9 Å². The average Bonchev–Trinajstić information content (AvgIpc) is 2.58. The van der Waals surface area contributed by atoms with Gasteiger partial charge in [0.25, 0.3) is 0 Å². The average molecular weight is 286 g/mol. The van der Waals surface area contributed by atoms with Gasteiger partial charge in [0.1, 0.15) is 5.82 Å². The zero-order valence-corrected chi connectivity index (χ0v) is 10.6. The van der Waals surface area contributed by atoms with Crippen LogP contribution < -0.4 is 4.90 Å². The van der Waals surface area contributed by atoms with Crippen LogP contribution in [0.1, 0.15) is 12.0 Å². The van der Waals surface area contributed by atoms with Crippen LogP contribution in [0, 0.1) is 18.7 Å². The minimum Gasteiger partial charge on any atom is -0.312 e. The molecule has 0 radical (unpaired) electrons. The van der Waals surface area contributed by atoms with E-state index in [1.165, 1.54) is 12.1 Å². The molecule has 16 heavy (non-hydrogen) atoms. The summed E-state index contributed by atoms with van der Waals surface area (Å²) in [6.07, 6.45) is 0.542. The number of halogens is 2. The lowest BCUT2D eigenvalue weighted by Crippen LogP contribution is -2.24. The largest absolute Gasteiger partial charge is 0.312 e. The van der Waals surface area contributed by atoms with E-state index in [1.54, 1.807) is 4.90 Å². The van der Waals surface area contributed by atoms with Gasteiger partial charge in [-0.3, -0.25) is 4.79 Å². The van der Waals surface area contributed by atoms with Crippen LogP contribution in [-0.2, 0) is 4.79 Å². The Hall–Kier alpha value is -0.900. The molecule has 1 fully saturated rings. The van der Waals surface area contributed by atoms with E-state index in [1.807, 2.05) is 13.0 Å². The van der Waals surface area contributed by atoms with Gasteiger partial charge in [0.2, 0.25) is 5.91 Å². The molecule has 1 aromatic rings. The summed E-state index contributed by atoms with van der Waals surface area (Å²) in [5, 5.41) is 0.809. The van der Waals surface area contributed by atoms with Gasteiger partial charge in [0.05, 0.1) is 0 Å². The van der Waals surface area contributed by atoms with E-state index >= 15 is 0 Å². The maximum absolute atomic E-state index is 13.2. The van der Waals surface area contributed by atoms with E-state index in [9.17, 15) is 9.18 Å². The summed E-state index contributed by atoms with van der Waals surface area (Å²) in [5.41, 5.74) is 1.51. The Bertz CT molecular complexity index is 401.